The van der Waals surface area contributed by atoms with Gasteiger partial charge < -0.3 is 15.4 Å². The number of hydrogen-bond acceptors (Lipinski definition) is 4. The predicted molar refractivity (Wildman–Crippen MR) is 83.7 cm³/mol. The lowest BCUT2D eigenvalue weighted by molar-refractivity contribution is 0.0117. The molecule has 1 unspecified atom stereocenters. The van der Waals surface area contributed by atoms with Gasteiger partial charge in [0.15, 0.2) is 0 Å². The Labute approximate surface area is 126 Å². The Balaban J connectivity index is 1.87. The third kappa shape index (κ3) is 4.70. The van der Waals surface area contributed by atoms with Gasteiger partial charge in [-0.1, -0.05) is 0 Å². The number of hydrogen-bond donors (Lipinski definition) is 2. The van der Waals surface area contributed by atoms with E-state index in [-0.39, 0.29) is 5.91 Å². The molecule has 5 heteroatoms. The van der Waals surface area contributed by atoms with Crippen molar-refractivity contribution in [1.82, 2.24) is 10.3 Å². The molecule has 0 aliphatic carbocycles. The quantitative estimate of drug-likeness (QED) is 0.845. The Bertz CT molecular complexity index is 471. The topological polar surface area (TPSA) is 63.2 Å². The van der Waals surface area contributed by atoms with E-state index < -0.39 is 0 Å². The molecule has 0 bridgehead atoms. The highest BCUT2D eigenvalue weighted by Gasteiger charge is 2.15. The lowest BCUT2D eigenvalue weighted by Gasteiger charge is -2.22. The maximum absolute atomic E-state index is 12.3. The van der Waals surface area contributed by atoms with E-state index in [9.17, 15) is 4.79 Å². The highest BCUT2D eigenvalue weighted by atomic mass is 16.5. The molecule has 2 N–H and O–H groups in total. The van der Waals surface area contributed by atoms with Gasteiger partial charge in [0, 0.05) is 31.6 Å². The van der Waals surface area contributed by atoms with Crippen molar-refractivity contribution in [2.45, 2.75) is 45.6 Å². The predicted octanol–water partition coefficient (Wildman–Crippen LogP) is 2.51. The first-order valence-corrected chi connectivity index (χ1v) is 7.81. The van der Waals surface area contributed by atoms with E-state index in [0.717, 1.165) is 43.8 Å². The first-order valence-electron chi connectivity index (χ1n) is 7.81. The SMILES string of the molecule is CCNc1cc(C)ncc1C(=O)NCCC1CCCCO1. The second-order valence-electron chi connectivity index (χ2n) is 5.43. The number of amides is 1. The first-order chi connectivity index (χ1) is 10.2. The van der Waals surface area contributed by atoms with E-state index in [1.165, 1.54) is 6.42 Å². The summed E-state index contributed by atoms with van der Waals surface area (Å²) in [4.78, 5) is 16.5. The third-order valence-electron chi connectivity index (χ3n) is 3.68. The minimum absolute atomic E-state index is 0.0748. The van der Waals surface area contributed by atoms with Crippen LogP contribution >= 0.6 is 0 Å². The van der Waals surface area contributed by atoms with Crippen LogP contribution in [0.3, 0.4) is 0 Å². The zero-order valence-corrected chi connectivity index (χ0v) is 12.9. The third-order valence-corrected chi connectivity index (χ3v) is 3.68. The van der Waals surface area contributed by atoms with Gasteiger partial charge in [-0.25, -0.2) is 0 Å². The average molecular weight is 291 g/mol. The van der Waals surface area contributed by atoms with Crippen LogP contribution in [0.15, 0.2) is 12.3 Å². The van der Waals surface area contributed by atoms with Crippen molar-refractivity contribution < 1.29 is 9.53 Å². The summed E-state index contributed by atoms with van der Waals surface area (Å²) in [6.07, 6.45) is 6.30. The smallest absolute Gasteiger partial charge is 0.254 e. The number of carbonyl (C=O) groups is 1. The van der Waals surface area contributed by atoms with Crippen LogP contribution in [0.4, 0.5) is 5.69 Å². The fraction of sp³-hybridized carbons (Fsp3) is 0.625. The number of aryl methyl sites for hydroxylation is 1. The molecule has 0 radical (unpaired) electrons. The molecule has 1 aromatic heterocycles. The average Bonchev–Trinajstić information content (AvgIpc) is 2.49. The van der Waals surface area contributed by atoms with Gasteiger partial charge in [0.2, 0.25) is 0 Å². The summed E-state index contributed by atoms with van der Waals surface area (Å²) >= 11 is 0. The number of anilines is 1. The minimum Gasteiger partial charge on any atom is -0.385 e. The molecule has 2 rings (SSSR count). The van der Waals surface area contributed by atoms with Gasteiger partial charge in [-0.15, -0.1) is 0 Å². The molecule has 1 saturated heterocycles. The zero-order chi connectivity index (χ0) is 15.1. The molecule has 1 aromatic rings. The largest absolute Gasteiger partial charge is 0.385 e. The summed E-state index contributed by atoms with van der Waals surface area (Å²) in [7, 11) is 0. The van der Waals surface area contributed by atoms with Gasteiger partial charge in [-0.3, -0.25) is 9.78 Å². The van der Waals surface area contributed by atoms with Crippen molar-refractivity contribution in [1.29, 1.82) is 0 Å². The lowest BCUT2D eigenvalue weighted by Crippen LogP contribution is -2.30. The van der Waals surface area contributed by atoms with Crippen molar-refractivity contribution in [3.63, 3.8) is 0 Å². The summed E-state index contributed by atoms with van der Waals surface area (Å²) in [5.74, 6) is -0.0748. The van der Waals surface area contributed by atoms with Gasteiger partial charge >= 0.3 is 0 Å². The van der Waals surface area contributed by atoms with Gasteiger partial charge in [0.05, 0.1) is 17.4 Å². The van der Waals surface area contributed by atoms with Crippen LogP contribution in [0.2, 0.25) is 0 Å². The van der Waals surface area contributed by atoms with Gasteiger partial charge in [-0.05, 0) is 45.6 Å². The van der Waals surface area contributed by atoms with Crippen LogP contribution < -0.4 is 10.6 Å². The number of rotatable bonds is 6. The number of ether oxygens (including phenoxy) is 1. The Hall–Kier alpha value is -1.62. The van der Waals surface area contributed by atoms with E-state index >= 15 is 0 Å². The van der Waals surface area contributed by atoms with Crippen LogP contribution in [0, 0.1) is 6.92 Å². The van der Waals surface area contributed by atoms with Gasteiger partial charge in [0.1, 0.15) is 0 Å². The van der Waals surface area contributed by atoms with Crippen LogP contribution in [0.25, 0.3) is 0 Å². The summed E-state index contributed by atoms with van der Waals surface area (Å²) in [5, 5.41) is 6.18. The van der Waals surface area contributed by atoms with Gasteiger partial charge in [-0.2, -0.15) is 0 Å². The molecule has 1 amide bonds. The summed E-state index contributed by atoms with van der Waals surface area (Å²) in [5.41, 5.74) is 2.35. The molecule has 116 valence electrons. The van der Waals surface area contributed by atoms with E-state index in [0.29, 0.717) is 18.2 Å². The molecule has 0 aromatic carbocycles. The molecular weight excluding hydrogens is 266 g/mol. The van der Waals surface area contributed by atoms with Crippen LogP contribution in [-0.4, -0.2) is 36.7 Å². The first kappa shape index (κ1) is 15.8. The van der Waals surface area contributed by atoms with E-state index in [2.05, 4.69) is 15.6 Å². The Morgan fingerprint density at radius 2 is 2.33 bits per heavy atom. The molecule has 1 atom stereocenters. The fourth-order valence-corrected chi connectivity index (χ4v) is 2.55. The van der Waals surface area contributed by atoms with Crippen molar-refractivity contribution >= 4 is 11.6 Å². The van der Waals surface area contributed by atoms with Crippen LogP contribution in [-0.2, 0) is 4.74 Å². The number of pyridine rings is 1. The van der Waals surface area contributed by atoms with E-state index in [1.54, 1.807) is 6.20 Å². The Morgan fingerprint density at radius 3 is 3.05 bits per heavy atom. The monoisotopic (exact) mass is 291 g/mol. The normalized spacial score (nSPS) is 18.3. The molecule has 21 heavy (non-hydrogen) atoms. The van der Waals surface area contributed by atoms with E-state index in [4.69, 9.17) is 4.74 Å². The Kier molecular flexibility index (Phi) is 5.99. The van der Waals surface area contributed by atoms with Gasteiger partial charge in [0.25, 0.3) is 5.91 Å². The molecule has 0 saturated carbocycles. The van der Waals surface area contributed by atoms with Crippen molar-refractivity contribution in [2.24, 2.45) is 0 Å². The number of nitrogens with zero attached hydrogens (tertiary/aromatic N) is 1. The van der Waals surface area contributed by atoms with Crippen LogP contribution in [0.5, 0.6) is 0 Å². The maximum atomic E-state index is 12.3. The minimum atomic E-state index is -0.0748. The summed E-state index contributed by atoms with van der Waals surface area (Å²) in [6, 6.07) is 1.91. The Morgan fingerprint density at radius 1 is 1.48 bits per heavy atom. The van der Waals surface area contributed by atoms with Crippen LogP contribution in [0.1, 0.15) is 48.7 Å². The van der Waals surface area contributed by atoms with Crippen molar-refractivity contribution in [2.75, 3.05) is 25.0 Å². The van der Waals surface area contributed by atoms with E-state index in [1.807, 2.05) is 19.9 Å². The number of nitrogens with one attached hydrogen (secondary N) is 2. The molecule has 2 heterocycles. The molecule has 1 aliphatic rings. The molecule has 0 spiro atoms. The fourth-order valence-electron chi connectivity index (χ4n) is 2.55. The molecule has 1 aliphatic heterocycles. The van der Waals surface area contributed by atoms with Crippen molar-refractivity contribution in [3.05, 3.63) is 23.5 Å². The van der Waals surface area contributed by atoms with Crippen molar-refractivity contribution in [3.8, 4) is 0 Å². The standard InChI is InChI=1S/C16H25N3O2/c1-3-17-15-10-12(2)19-11-14(15)16(20)18-8-7-13-6-4-5-9-21-13/h10-11,13H,3-9H2,1-2H3,(H,17,19)(H,18,20). The highest BCUT2D eigenvalue weighted by molar-refractivity contribution is 5.99. The molecular formula is C16H25N3O2. The maximum Gasteiger partial charge on any atom is 0.254 e. The molecule has 5 nitrogen and oxygen atoms in total. The summed E-state index contributed by atoms with van der Waals surface area (Å²) < 4.78 is 5.67. The summed E-state index contributed by atoms with van der Waals surface area (Å²) in [6.45, 7) is 6.20. The zero-order valence-electron chi connectivity index (χ0n) is 12.9. The molecule has 1 fully saturated rings. The second-order valence-corrected chi connectivity index (χ2v) is 5.43. The lowest BCUT2D eigenvalue weighted by atomic mass is 10.1. The second kappa shape index (κ2) is 7.98. The number of aromatic nitrogens is 1. The highest BCUT2D eigenvalue weighted by Crippen LogP contribution is 2.17. The number of carbonyl (C=O) groups excluding carboxylic acids is 1.